The summed E-state index contributed by atoms with van der Waals surface area (Å²) in [5, 5.41) is 6.12. The van der Waals surface area contributed by atoms with Crippen molar-refractivity contribution < 1.29 is 14.3 Å². The van der Waals surface area contributed by atoms with Crippen molar-refractivity contribution in [1.82, 2.24) is 4.90 Å². The molecule has 7 heteroatoms. The Morgan fingerprint density at radius 3 is 2.59 bits per heavy atom. The van der Waals surface area contributed by atoms with E-state index in [2.05, 4.69) is 24.5 Å². The largest absolute Gasteiger partial charge is 0.480 e. The fraction of sp³-hybridized carbons (Fsp3) is 0.364. The standard InChI is InChI=1S/C22H26ClN3O3/c1-4-19-21(27)26(12-14(2)3)13-15-10-18(8-9-20(15)29-19)25-22(28)24-17-7-5-6-16(23)11-17/h5-11,14,19H,4,12-13H2,1-3H3,(H2,24,25,28). The van der Waals surface area contributed by atoms with Gasteiger partial charge in [0.2, 0.25) is 0 Å². The number of fused-ring (bicyclic) bond motifs is 1. The van der Waals surface area contributed by atoms with Crippen molar-refractivity contribution in [3.05, 3.63) is 53.1 Å². The van der Waals surface area contributed by atoms with Crippen LogP contribution in [0.4, 0.5) is 16.2 Å². The number of nitrogens with one attached hydrogen (secondary N) is 2. The first-order chi connectivity index (χ1) is 13.9. The molecule has 0 radical (unpaired) electrons. The van der Waals surface area contributed by atoms with Gasteiger partial charge in [-0.1, -0.05) is 38.4 Å². The van der Waals surface area contributed by atoms with Crippen LogP contribution in [-0.2, 0) is 11.3 Å². The van der Waals surface area contributed by atoms with E-state index < -0.39 is 6.10 Å². The summed E-state index contributed by atoms with van der Waals surface area (Å²) in [5.41, 5.74) is 2.10. The Balaban J connectivity index is 1.77. The van der Waals surface area contributed by atoms with E-state index in [1.807, 2.05) is 17.9 Å². The molecule has 2 N–H and O–H groups in total. The highest BCUT2D eigenvalue weighted by Gasteiger charge is 2.30. The number of amides is 3. The molecule has 2 aromatic rings. The van der Waals surface area contributed by atoms with E-state index >= 15 is 0 Å². The second-order valence-corrected chi connectivity index (χ2v) is 7.98. The molecule has 1 heterocycles. The van der Waals surface area contributed by atoms with Gasteiger partial charge in [0.1, 0.15) is 5.75 Å². The van der Waals surface area contributed by atoms with Crippen LogP contribution < -0.4 is 15.4 Å². The van der Waals surface area contributed by atoms with Crippen LogP contribution in [0.1, 0.15) is 32.8 Å². The number of carbonyl (C=O) groups excluding carboxylic acids is 2. The molecule has 1 aliphatic rings. The molecule has 0 saturated carbocycles. The zero-order valence-corrected chi connectivity index (χ0v) is 17.6. The number of anilines is 2. The molecule has 1 aliphatic heterocycles. The Hall–Kier alpha value is -2.73. The van der Waals surface area contributed by atoms with Crippen LogP contribution in [0.15, 0.2) is 42.5 Å². The van der Waals surface area contributed by atoms with Crippen molar-refractivity contribution in [2.24, 2.45) is 5.92 Å². The summed E-state index contributed by atoms with van der Waals surface area (Å²) in [7, 11) is 0. The van der Waals surface area contributed by atoms with Crippen molar-refractivity contribution in [3.8, 4) is 5.75 Å². The fourth-order valence-electron chi connectivity index (χ4n) is 3.30. The average molecular weight is 416 g/mol. The van der Waals surface area contributed by atoms with Gasteiger partial charge in [-0.25, -0.2) is 4.79 Å². The van der Waals surface area contributed by atoms with Crippen LogP contribution in [0.5, 0.6) is 5.75 Å². The average Bonchev–Trinajstić information content (AvgIpc) is 2.78. The third kappa shape index (κ3) is 5.41. The lowest BCUT2D eigenvalue weighted by molar-refractivity contribution is -0.139. The van der Waals surface area contributed by atoms with Crippen LogP contribution in [0.25, 0.3) is 0 Å². The number of hydrogen-bond acceptors (Lipinski definition) is 3. The monoisotopic (exact) mass is 415 g/mol. The van der Waals surface area contributed by atoms with Crippen molar-refractivity contribution in [3.63, 3.8) is 0 Å². The third-order valence-electron chi connectivity index (χ3n) is 4.57. The van der Waals surface area contributed by atoms with E-state index in [-0.39, 0.29) is 11.9 Å². The van der Waals surface area contributed by atoms with Gasteiger partial charge >= 0.3 is 6.03 Å². The Kier molecular flexibility index (Phi) is 6.64. The van der Waals surface area contributed by atoms with E-state index in [4.69, 9.17) is 16.3 Å². The molecule has 0 bridgehead atoms. The SMILES string of the molecule is CCC1Oc2ccc(NC(=O)Nc3cccc(Cl)c3)cc2CN(CC(C)C)C1=O. The van der Waals surface area contributed by atoms with Crippen molar-refractivity contribution in [2.75, 3.05) is 17.2 Å². The molecule has 3 rings (SSSR count). The minimum absolute atomic E-state index is 0.00519. The molecule has 0 saturated heterocycles. The number of rotatable bonds is 5. The molecule has 154 valence electrons. The molecular formula is C22H26ClN3O3. The normalized spacial score (nSPS) is 16.1. The van der Waals surface area contributed by atoms with Crippen LogP contribution in [0, 0.1) is 5.92 Å². The lowest BCUT2D eigenvalue weighted by Gasteiger charge is -2.24. The Morgan fingerprint density at radius 2 is 1.93 bits per heavy atom. The van der Waals surface area contributed by atoms with Gasteiger partial charge in [0.05, 0.1) is 0 Å². The summed E-state index contributed by atoms with van der Waals surface area (Å²) in [6, 6.07) is 12.0. The maximum absolute atomic E-state index is 12.8. The molecular weight excluding hydrogens is 390 g/mol. The summed E-state index contributed by atoms with van der Waals surface area (Å²) in [6.07, 6.45) is 0.120. The zero-order chi connectivity index (χ0) is 21.0. The Bertz CT molecular complexity index is 901. The van der Waals surface area contributed by atoms with Crippen molar-refractivity contribution in [1.29, 1.82) is 0 Å². The van der Waals surface area contributed by atoms with Crippen LogP contribution in [0.3, 0.4) is 0 Å². The third-order valence-corrected chi connectivity index (χ3v) is 4.81. The summed E-state index contributed by atoms with van der Waals surface area (Å²) in [5.74, 6) is 1.03. The van der Waals surface area contributed by atoms with Gasteiger partial charge in [-0.05, 0) is 48.7 Å². The maximum Gasteiger partial charge on any atom is 0.323 e. The number of carbonyl (C=O) groups is 2. The highest BCUT2D eigenvalue weighted by atomic mass is 35.5. The number of nitrogens with zero attached hydrogens (tertiary/aromatic N) is 1. The van der Waals surface area contributed by atoms with Gasteiger partial charge < -0.3 is 20.3 Å². The second-order valence-electron chi connectivity index (χ2n) is 7.54. The van der Waals surface area contributed by atoms with Gasteiger partial charge in [0.25, 0.3) is 5.91 Å². The second kappa shape index (κ2) is 9.18. The van der Waals surface area contributed by atoms with Gasteiger partial charge in [-0.2, -0.15) is 0 Å². The number of ether oxygens (including phenoxy) is 1. The number of halogens is 1. The Labute approximate surface area is 176 Å². The fourth-order valence-corrected chi connectivity index (χ4v) is 3.49. The molecule has 2 aromatic carbocycles. The summed E-state index contributed by atoms with van der Waals surface area (Å²) in [4.78, 5) is 26.9. The van der Waals surface area contributed by atoms with Crippen molar-refractivity contribution in [2.45, 2.75) is 39.8 Å². The highest BCUT2D eigenvalue weighted by Crippen LogP contribution is 2.30. The van der Waals surface area contributed by atoms with Crippen LogP contribution >= 0.6 is 11.6 Å². The molecule has 29 heavy (non-hydrogen) atoms. The smallest absolute Gasteiger partial charge is 0.323 e. The molecule has 0 fully saturated rings. The molecule has 0 aromatic heterocycles. The summed E-state index contributed by atoms with van der Waals surface area (Å²) < 4.78 is 5.96. The molecule has 1 unspecified atom stereocenters. The quantitative estimate of drug-likeness (QED) is 0.710. The van der Waals surface area contributed by atoms with E-state index in [0.717, 1.165) is 5.56 Å². The number of hydrogen-bond donors (Lipinski definition) is 2. The molecule has 3 amide bonds. The topological polar surface area (TPSA) is 70.7 Å². The van der Waals surface area contributed by atoms with Gasteiger partial charge in [0, 0.05) is 35.1 Å². The number of benzene rings is 2. The first-order valence-corrected chi connectivity index (χ1v) is 10.2. The predicted octanol–water partition coefficient (Wildman–Crippen LogP) is 5.14. The van der Waals surface area contributed by atoms with Crippen LogP contribution in [0.2, 0.25) is 5.02 Å². The molecule has 1 atom stereocenters. The van der Waals surface area contributed by atoms with Crippen molar-refractivity contribution >= 4 is 34.9 Å². The zero-order valence-electron chi connectivity index (χ0n) is 16.9. The summed E-state index contributed by atoms with van der Waals surface area (Å²) >= 11 is 5.95. The van der Waals surface area contributed by atoms with E-state index in [9.17, 15) is 9.59 Å². The Morgan fingerprint density at radius 1 is 1.21 bits per heavy atom. The van der Waals surface area contributed by atoms with Gasteiger partial charge in [0.15, 0.2) is 6.10 Å². The predicted molar refractivity (Wildman–Crippen MR) is 115 cm³/mol. The lowest BCUT2D eigenvalue weighted by Crippen LogP contribution is -2.41. The lowest BCUT2D eigenvalue weighted by atomic mass is 10.1. The van der Waals surface area contributed by atoms with Gasteiger partial charge in [-0.3, -0.25) is 4.79 Å². The van der Waals surface area contributed by atoms with Gasteiger partial charge in [-0.15, -0.1) is 0 Å². The van der Waals surface area contributed by atoms with E-state index in [0.29, 0.717) is 47.6 Å². The van der Waals surface area contributed by atoms with E-state index in [1.165, 1.54) is 0 Å². The summed E-state index contributed by atoms with van der Waals surface area (Å²) in [6.45, 7) is 7.22. The first-order valence-electron chi connectivity index (χ1n) is 9.77. The van der Waals surface area contributed by atoms with E-state index in [1.54, 1.807) is 36.4 Å². The van der Waals surface area contributed by atoms with Crippen LogP contribution in [-0.4, -0.2) is 29.5 Å². The molecule has 0 spiro atoms. The minimum atomic E-state index is -0.486. The molecule has 0 aliphatic carbocycles. The maximum atomic E-state index is 12.8. The number of urea groups is 1. The first kappa shape index (κ1) is 21.0. The highest BCUT2D eigenvalue weighted by molar-refractivity contribution is 6.30. The molecule has 6 nitrogen and oxygen atoms in total. The minimum Gasteiger partial charge on any atom is -0.480 e.